The van der Waals surface area contributed by atoms with Gasteiger partial charge in [-0.3, -0.25) is 0 Å². The second-order valence-electron chi connectivity index (χ2n) is 5.62. The maximum Gasteiger partial charge on any atom is 0.323 e. The third-order valence-electron chi connectivity index (χ3n) is 3.97. The van der Waals surface area contributed by atoms with Crippen LogP contribution in [0.2, 0.25) is 0 Å². The van der Waals surface area contributed by atoms with E-state index in [2.05, 4.69) is 51.4 Å². The van der Waals surface area contributed by atoms with Crippen molar-refractivity contribution in [1.82, 2.24) is 5.32 Å². The summed E-state index contributed by atoms with van der Waals surface area (Å²) in [6.45, 7) is 8.19. The van der Waals surface area contributed by atoms with Crippen molar-refractivity contribution in [2.24, 2.45) is 0 Å². The van der Waals surface area contributed by atoms with Crippen LogP contribution in [0.5, 0.6) is 0 Å². The smallest absolute Gasteiger partial charge is 0.323 e. The largest absolute Gasteiger partial charge is 1.00 e. The van der Waals surface area contributed by atoms with E-state index < -0.39 is 0 Å². The average Bonchev–Trinajstić information content (AvgIpc) is 2.60. The monoisotopic (exact) mass is 436 g/mol. The topological polar surface area (TPSA) is 44.4 Å². The molecule has 0 aliphatic carbocycles. The first-order valence-corrected chi connectivity index (χ1v) is 9.18. The van der Waals surface area contributed by atoms with E-state index in [-0.39, 0.29) is 18.4 Å². The molecule has 0 unspecified atom stereocenters. The second kappa shape index (κ2) is 10.9. The van der Waals surface area contributed by atoms with Gasteiger partial charge in [0, 0.05) is 35.1 Å². The van der Waals surface area contributed by atoms with Crippen LogP contribution in [0, 0.1) is 6.92 Å². The van der Waals surface area contributed by atoms with Crippen LogP contribution >= 0.6 is 15.9 Å². The fourth-order valence-electron chi connectivity index (χ4n) is 2.55. The minimum atomic E-state index is -0.262. The zero-order chi connectivity index (χ0) is 18.2. The van der Waals surface area contributed by atoms with Crippen molar-refractivity contribution in [1.29, 1.82) is 0 Å². The van der Waals surface area contributed by atoms with E-state index in [0.717, 1.165) is 34.4 Å². The summed E-state index contributed by atoms with van der Waals surface area (Å²) < 4.78 is 0.983. The van der Waals surface area contributed by atoms with Crippen molar-refractivity contribution in [3.63, 3.8) is 0 Å². The summed E-state index contributed by atoms with van der Waals surface area (Å²) in [5.41, 5.74) is 4.02. The standard InChI is InChI=1S/C20H24BrN3O.ClH/c1-4-24(5-2)17-10-11-19(15(3)14-17)23-20(25)22-13-12-16-8-6-7-9-18(16)21;/h6-14H,4-5H2,1-3H3,(H2,22,23,25);1H/p-1/b13-12+;. The number of halogens is 2. The van der Waals surface area contributed by atoms with Crippen LogP contribution in [-0.4, -0.2) is 19.1 Å². The molecular weight excluding hydrogens is 414 g/mol. The number of urea groups is 1. The highest BCUT2D eigenvalue weighted by Crippen LogP contribution is 2.22. The summed E-state index contributed by atoms with van der Waals surface area (Å²) in [5.74, 6) is 0. The Morgan fingerprint density at radius 2 is 1.85 bits per heavy atom. The zero-order valence-corrected chi connectivity index (χ0v) is 17.6. The van der Waals surface area contributed by atoms with Gasteiger partial charge < -0.3 is 27.9 Å². The van der Waals surface area contributed by atoms with Gasteiger partial charge in [0.15, 0.2) is 0 Å². The van der Waals surface area contributed by atoms with Gasteiger partial charge in [0.25, 0.3) is 0 Å². The normalized spacial score (nSPS) is 10.3. The first-order chi connectivity index (χ1) is 12.0. The molecule has 2 amide bonds. The second-order valence-corrected chi connectivity index (χ2v) is 6.48. The molecule has 0 aliphatic heterocycles. The van der Waals surface area contributed by atoms with Crippen molar-refractivity contribution in [2.75, 3.05) is 23.3 Å². The third-order valence-corrected chi connectivity index (χ3v) is 4.69. The van der Waals surface area contributed by atoms with E-state index in [0.29, 0.717) is 0 Å². The van der Waals surface area contributed by atoms with Gasteiger partial charge in [-0.1, -0.05) is 34.1 Å². The Bertz CT molecular complexity index is 760. The minimum Gasteiger partial charge on any atom is -1.00 e. The molecule has 0 saturated carbocycles. The quantitative estimate of drug-likeness (QED) is 0.729. The van der Waals surface area contributed by atoms with Crippen LogP contribution in [0.15, 0.2) is 53.1 Å². The van der Waals surface area contributed by atoms with Gasteiger partial charge in [0.05, 0.1) is 0 Å². The van der Waals surface area contributed by atoms with Crippen molar-refractivity contribution in [2.45, 2.75) is 20.8 Å². The van der Waals surface area contributed by atoms with Crippen LogP contribution in [0.25, 0.3) is 6.08 Å². The van der Waals surface area contributed by atoms with Crippen LogP contribution in [-0.2, 0) is 0 Å². The lowest BCUT2D eigenvalue weighted by atomic mass is 10.1. The number of aryl methyl sites for hydroxylation is 1. The Morgan fingerprint density at radius 1 is 1.15 bits per heavy atom. The number of amides is 2. The lowest BCUT2D eigenvalue weighted by Gasteiger charge is -2.22. The molecule has 0 aliphatic rings. The first kappa shape index (κ1) is 22.1. The highest BCUT2D eigenvalue weighted by molar-refractivity contribution is 9.10. The molecule has 0 spiro atoms. The lowest BCUT2D eigenvalue weighted by Crippen LogP contribution is -3.00. The van der Waals surface area contributed by atoms with E-state index >= 15 is 0 Å². The Morgan fingerprint density at radius 3 is 2.46 bits per heavy atom. The van der Waals surface area contributed by atoms with Gasteiger partial charge >= 0.3 is 6.03 Å². The summed E-state index contributed by atoms with van der Waals surface area (Å²) >= 11 is 3.47. The number of nitrogens with one attached hydrogen (secondary N) is 2. The Labute approximate surface area is 170 Å². The highest BCUT2D eigenvalue weighted by Gasteiger charge is 2.07. The number of carbonyl (C=O) groups is 1. The predicted octanol–water partition coefficient (Wildman–Crippen LogP) is 2.40. The molecule has 2 N–H and O–H groups in total. The summed E-state index contributed by atoms with van der Waals surface area (Å²) in [7, 11) is 0. The Balaban J connectivity index is 0.00000338. The number of hydrogen-bond donors (Lipinski definition) is 2. The summed E-state index contributed by atoms with van der Waals surface area (Å²) in [6, 6.07) is 13.6. The van der Waals surface area contributed by atoms with Crippen LogP contribution in [0.4, 0.5) is 16.2 Å². The lowest BCUT2D eigenvalue weighted by molar-refractivity contribution is -0.00000814. The molecule has 0 atom stereocenters. The van der Waals surface area contributed by atoms with Gasteiger partial charge in [0.1, 0.15) is 0 Å². The maximum atomic E-state index is 12.1. The van der Waals surface area contributed by atoms with Crippen molar-refractivity contribution in [3.8, 4) is 0 Å². The van der Waals surface area contributed by atoms with Crippen molar-refractivity contribution >= 4 is 39.4 Å². The molecule has 0 bridgehead atoms. The molecule has 0 fully saturated rings. The fraction of sp³-hybridized carbons (Fsp3) is 0.250. The molecule has 2 aromatic rings. The van der Waals surface area contributed by atoms with E-state index in [9.17, 15) is 4.79 Å². The van der Waals surface area contributed by atoms with Gasteiger partial charge in [-0.2, -0.15) is 0 Å². The summed E-state index contributed by atoms with van der Waals surface area (Å²) in [5, 5.41) is 5.61. The van der Waals surface area contributed by atoms with Crippen molar-refractivity contribution < 1.29 is 17.2 Å². The Hall–Kier alpha value is -1.98. The summed E-state index contributed by atoms with van der Waals surface area (Å²) in [6.07, 6.45) is 3.48. The molecule has 2 rings (SSSR count). The van der Waals surface area contributed by atoms with E-state index in [1.165, 1.54) is 5.69 Å². The van der Waals surface area contributed by atoms with E-state index in [1.807, 2.05) is 49.4 Å². The molecule has 2 aromatic carbocycles. The molecule has 0 radical (unpaired) electrons. The molecule has 6 heteroatoms. The molecule has 26 heavy (non-hydrogen) atoms. The molecule has 0 saturated heterocycles. The maximum absolute atomic E-state index is 12.1. The van der Waals surface area contributed by atoms with Crippen LogP contribution in [0.3, 0.4) is 0 Å². The summed E-state index contributed by atoms with van der Waals surface area (Å²) in [4.78, 5) is 14.4. The Kier molecular flexibility index (Phi) is 9.24. The third kappa shape index (κ3) is 6.07. The molecule has 4 nitrogen and oxygen atoms in total. The molecule has 0 aromatic heterocycles. The number of rotatable bonds is 6. The average molecular weight is 438 g/mol. The van der Waals surface area contributed by atoms with Gasteiger partial charge in [0.2, 0.25) is 0 Å². The van der Waals surface area contributed by atoms with E-state index in [4.69, 9.17) is 0 Å². The molecular formula is C20H24BrClN3O-. The first-order valence-electron chi connectivity index (χ1n) is 8.39. The number of anilines is 2. The number of hydrogen-bond acceptors (Lipinski definition) is 2. The van der Waals surface area contributed by atoms with E-state index in [1.54, 1.807) is 6.20 Å². The van der Waals surface area contributed by atoms with Crippen molar-refractivity contribution in [3.05, 3.63) is 64.3 Å². The number of nitrogens with zero attached hydrogens (tertiary/aromatic N) is 1. The van der Waals surface area contributed by atoms with Gasteiger partial charge in [-0.25, -0.2) is 4.79 Å². The zero-order valence-electron chi connectivity index (χ0n) is 15.2. The fourth-order valence-corrected chi connectivity index (χ4v) is 2.97. The van der Waals surface area contributed by atoms with Crippen LogP contribution < -0.4 is 27.9 Å². The molecule has 0 heterocycles. The van der Waals surface area contributed by atoms with Gasteiger partial charge in [-0.05, 0) is 62.2 Å². The van der Waals surface area contributed by atoms with Gasteiger partial charge in [-0.15, -0.1) is 0 Å². The SMILES string of the molecule is CCN(CC)c1ccc(NC(=O)N/C=C/c2ccccc2Br)c(C)c1.[Cl-]. The highest BCUT2D eigenvalue weighted by atomic mass is 79.9. The number of carbonyl (C=O) groups excluding carboxylic acids is 1. The predicted molar refractivity (Wildman–Crippen MR) is 110 cm³/mol. The number of benzene rings is 2. The molecule has 140 valence electrons. The minimum absolute atomic E-state index is 0. The van der Waals surface area contributed by atoms with Crippen LogP contribution in [0.1, 0.15) is 25.0 Å².